The Kier molecular flexibility index (Phi) is 49.9. The molecule has 0 saturated heterocycles. The van der Waals surface area contributed by atoms with Gasteiger partial charge in [0.2, 0.25) is 0 Å². The number of hydrogen-bond donors (Lipinski definition) is 0. The summed E-state index contributed by atoms with van der Waals surface area (Å²) < 4.78 is 407. The molecule has 10 aromatic rings. The smallest absolute Gasteiger partial charge is 0.406 e. The molecule has 61 heteroatoms. The molecular formula is C77H66Cl13F15O23S10. The Balaban J connectivity index is 0.000000769. The van der Waals surface area contributed by atoms with Gasteiger partial charge >= 0.3 is 31.4 Å². The summed E-state index contributed by atoms with van der Waals surface area (Å²) in [6.45, 7) is 17.6. The Morgan fingerprint density at radius 2 is 0.587 bits per heavy atom. The lowest BCUT2D eigenvalue weighted by atomic mass is 9.89. The van der Waals surface area contributed by atoms with E-state index in [2.05, 4.69) is 28.1 Å². The van der Waals surface area contributed by atoms with Crippen LogP contribution in [-0.4, -0.2) is 103 Å². The third-order valence-electron chi connectivity index (χ3n) is 15.4. The van der Waals surface area contributed by atoms with Crippen molar-refractivity contribution in [3.05, 3.63) is 278 Å². The number of para-hydroxylation sites is 1. The first-order valence-corrected chi connectivity index (χ1v) is 60.0. The second-order valence-corrected chi connectivity index (χ2v) is 53.8. The fraction of sp³-hybridized carbons (Fsp3) is 0.221. The number of rotatable bonds is 16. The molecule has 0 aromatic heterocycles. The predicted molar refractivity (Wildman–Crippen MR) is 496 cm³/mol. The molecule has 0 unspecified atom stereocenters. The Morgan fingerprint density at radius 1 is 0.254 bits per heavy atom. The maximum Gasteiger partial charge on any atom is 0.573 e. The lowest BCUT2D eigenvalue weighted by molar-refractivity contribution is -0.276. The van der Waals surface area contributed by atoms with Crippen molar-refractivity contribution in [3.8, 4) is 17.2 Å². The molecule has 0 fully saturated rings. The highest BCUT2D eigenvalue weighted by atomic mass is 35.7. The van der Waals surface area contributed by atoms with Crippen molar-refractivity contribution in [3.63, 3.8) is 0 Å². The van der Waals surface area contributed by atoms with E-state index < -0.39 is 165 Å². The highest BCUT2D eigenvalue weighted by Gasteiger charge is 2.37. The molecule has 0 aliphatic rings. The van der Waals surface area contributed by atoms with E-state index in [0.717, 1.165) is 119 Å². The number of benzene rings is 10. The van der Waals surface area contributed by atoms with Gasteiger partial charge in [-0.15, -0.1) is 39.5 Å². The normalized spacial score (nSPS) is 12.3. The first-order chi connectivity index (χ1) is 61.9. The van der Waals surface area contributed by atoms with Crippen LogP contribution in [0.1, 0.15) is 104 Å². The summed E-state index contributed by atoms with van der Waals surface area (Å²) in [5, 5.41) is 0.213. The minimum Gasteiger partial charge on any atom is -0.406 e. The highest BCUT2D eigenvalue weighted by molar-refractivity contribution is 8.16. The minimum atomic E-state index is -4.96. The number of halogens is 28. The summed E-state index contributed by atoms with van der Waals surface area (Å²) in [6, 6.07) is 43.5. The van der Waals surface area contributed by atoms with Crippen molar-refractivity contribution in [2.75, 3.05) is 0 Å². The van der Waals surface area contributed by atoms with Crippen molar-refractivity contribution in [1.29, 1.82) is 0 Å². The molecule has 0 aliphatic heterocycles. The van der Waals surface area contributed by atoms with Gasteiger partial charge in [-0.2, -0.15) is 26.3 Å². The van der Waals surface area contributed by atoms with Crippen LogP contribution in [0.4, 0.5) is 65.9 Å². The van der Waals surface area contributed by atoms with Crippen LogP contribution in [-0.2, 0) is 103 Å². The first-order valence-electron chi connectivity index (χ1n) is 35.8. The van der Waals surface area contributed by atoms with Gasteiger partial charge in [0.1, 0.15) is 27.0 Å². The fourth-order valence-corrected chi connectivity index (χ4v) is 19.9. The summed E-state index contributed by atoms with van der Waals surface area (Å²) in [5.41, 5.74) is 3.41. The molecule has 10 rings (SSSR count). The maximum atomic E-state index is 12.1. The summed E-state index contributed by atoms with van der Waals surface area (Å²) in [4.78, 5) is -1.84. The van der Waals surface area contributed by atoms with Crippen molar-refractivity contribution in [1.82, 2.24) is 0 Å². The maximum absolute atomic E-state index is 12.1. The van der Waals surface area contributed by atoms with Gasteiger partial charge in [-0.3, -0.25) is 0 Å². The van der Waals surface area contributed by atoms with Gasteiger partial charge in [-0.1, -0.05) is 161 Å². The molecule has 23 nitrogen and oxygen atoms in total. The number of aryl methyl sites for hydroxylation is 3. The standard InChI is InChI=1S/C15H23ClO2S.3C7H4ClF3O3S.2C7H4ClF3O2S.3C7H7ClO2S.C6H2Cl4O2S/c1-9(2)12-7-13(10(3)4)15(19(16,17)18)14(8-12)11(5)6;8-15(12,13)6-3-1-5(2-4-6)14-7(9,10)11;8-15(12,13)6-3-1-2-5(4-6)14-7(9,10)11;8-15(12,13)6-4-2-1-3-5(6)14-7(9,10)11;8-14(12,13)6-3-1-5(2-4-6)7(9,10)11;8-14(12,13)6-3-1-2-5(4-6)7(9,10)11;1-6-2-4-7(5-3-6)11(8,9)10;1-6-3-2-4-7(5-6)11(8,9)10;1-6-4-2-3-5-7(6)11(8,9)10;7-3-1-5(9)6(2-4(3)8)13(10,11)12/h7-11H,1-6H3;3*1-4H;2*1-4H;3*2-5H,1H3;1-2H. The third kappa shape index (κ3) is 50.4. The van der Waals surface area contributed by atoms with E-state index in [-0.39, 0.29) is 56.3 Å². The third-order valence-corrected chi connectivity index (χ3v) is 30.3. The molecule has 0 atom stereocenters. The van der Waals surface area contributed by atoms with Crippen LogP contribution >= 0.6 is 142 Å². The Labute approximate surface area is 843 Å². The summed E-state index contributed by atoms with van der Waals surface area (Å²) >= 11 is 16.7. The molecule has 0 saturated carbocycles. The number of hydrogen-bond acceptors (Lipinski definition) is 23. The molecule has 0 bridgehead atoms. The Hall–Kier alpha value is -6.18. The molecule has 0 radical (unpaired) electrons. The molecule has 10 aromatic carbocycles. The zero-order valence-electron chi connectivity index (χ0n) is 70.1. The van der Waals surface area contributed by atoms with Crippen LogP contribution in [0.3, 0.4) is 0 Å². The Morgan fingerprint density at radius 3 is 0.920 bits per heavy atom. The average molecular weight is 2430 g/mol. The summed E-state index contributed by atoms with van der Waals surface area (Å²) in [6.07, 6.45) is -23.7. The van der Waals surface area contributed by atoms with E-state index >= 15 is 0 Å². The van der Waals surface area contributed by atoms with Gasteiger partial charge < -0.3 is 14.2 Å². The van der Waals surface area contributed by atoms with Gasteiger partial charge in [0.25, 0.3) is 90.5 Å². The molecular weight excluding hydrogens is 2360 g/mol. The van der Waals surface area contributed by atoms with E-state index in [9.17, 15) is 150 Å². The van der Waals surface area contributed by atoms with E-state index in [1.165, 1.54) is 48.5 Å². The topological polar surface area (TPSA) is 369 Å². The highest BCUT2D eigenvalue weighted by Crippen LogP contribution is 2.40. The van der Waals surface area contributed by atoms with Crippen LogP contribution in [0.5, 0.6) is 17.2 Å². The molecule has 0 aliphatic carbocycles. The zero-order valence-corrected chi connectivity index (χ0v) is 88.1. The van der Waals surface area contributed by atoms with E-state index in [1.807, 2.05) is 59.7 Å². The second-order valence-electron chi connectivity index (χ2n) is 27.0. The summed E-state index contributed by atoms with van der Waals surface area (Å²) in [5.74, 6) is -1.38. The van der Waals surface area contributed by atoms with Crippen LogP contribution in [0, 0.1) is 20.8 Å². The van der Waals surface area contributed by atoms with Crippen molar-refractivity contribution in [2.45, 2.75) is 160 Å². The van der Waals surface area contributed by atoms with Gasteiger partial charge in [-0.05, 0) is 200 Å². The average Bonchev–Trinajstić information content (AvgIpc) is 0.771. The molecule has 0 spiro atoms. The second kappa shape index (κ2) is 53.1. The van der Waals surface area contributed by atoms with Crippen LogP contribution < -0.4 is 14.2 Å². The van der Waals surface area contributed by atoms with Gasteiger partial charge in [0, 0.05) is 113 Å². The minimum absolute atomic E-state index is 0.0515. The zero-order chi connectivity index (χ0) is 108. The van der Waals surface area contributed by atoms with Gasteiger partial charge in [0.15, 0.2) is 0 Å². The SMILES string of the molecule is CC(C)c1cc(C(C)C)c(S(=O)(=O)Cl)c(C(C)C)c1.Cc1ccc(S(=O)(=O)Cl)cc1.Cc1cccc(S(=O)(=O)Cl)c1.Cc1ccccc1S(=O)(=O)Cl.O=S(=O)(Cl)c1cc(Cl)c(Cl)cc1Cl.O=S(=O)(Cl)c1ccc(C(F)(F)F)cc1.O=S(=O)(Cl)c1ccc(OC(F)(F)F)cc1.O=S(=O)(Cl)c1cccc(C(F)(F)F)c1.O=S(=O)(Cl)c1cccc(OC(F)(F)F)c1.O=S(=O)(Cl)c1ccccc1OC(F)(F)F. The molecule has 768 valence electrons. The van der Waals surface area contributed by atoms with Gasteiger partial charge in [0.05, 0.1) is 65.4 Å². The van der Waals surface area contributed by atoms with Crippen molar-refractivity contribution < 1.29 is 164 Å². The number of ether oxygens (including phenoxy) is 3. The number of alkyl halides is 15. The first kappa shape index (κ1) is 130. The monoisotopic (exact) mass is 2420 g/mol. The lowest BCUT2D eigenvalue weighted by Crippen LogP contribution is -2.18. The van der Waals surface area contributed by atoms with Crippen LogP contribution in [0.15, 0.2) is 267 Å². The van der Waals surface area contributed by atoms with E-state index in [1.54, 1.807) is 43.3 Å². The van der Waals surface area contributed by atoms with E-state index in [4.69, 9.17) is 142 Å². The molecule has 0 N–H and O–H groups in total. The quantitative estimate of drug-likeness (QED) is 0.0492. The molecule has 138 heavy (non-hydrogen) atoms. The Bertz CT molecular complexity index is 7040. The van der Waals surface area contributed by atoms with Crippen molar-refractivity contribution >= 4 is 232 Å². The molecule has 0 heterocycles. The molecule has 0 amide bonds. The summed E-state index contributed by atoms with van der Waals surface area (Å²) in [7, 11) is 12.1. The van der Waals surface area contributed by atoms with Crippen molar-refractivity contribution in [2.24, 2.45) is 0 Å². The van der Waals surface area contributed by atoms with Gasteiger partial charge in [-0.25, -0.2) is 84.2 Å². The predicted octanol–water partition coefficient (Wildman–Crippen LogP) is 27.1. The van der Waals surface area contributed by atoms with E-state index in [0.29, 0.717) is 40.6 Å². The van der Waals surface area contributed by atoms with Crippen LogP contribution in [0.25, 0.3) is 0 Å². The largest absolute Gasteiger partial charge is 0.573 e. The lowest BCUT2D eigenvalue weighted by Gasteiger charge is -2.20. The van der Waals surface area contributed by atoms with Crippen LogP contribution in [0.2, 0.25) is 15.1 Å². The fourth-order valence-electron chi connectivity index (χ4n) is 9.28.